The minimum absolute atomic E-state index is 0.361. The van der Waals surface area contributed by atoms with Gasteiger partial charge >= 0.3 is 0 Å². The van der Waals surface area contributed by atoms with Crippen LogP contribution in [0, 0.1) is 0 Å². The molecular formula is C11H24O2SSi. The quantitative estimate of drug-likeness (QED) is 0.438. The van der Waals surface area contributed by atoms with Gasteiger partial charge in [0.15, 0.2) is 5.12 Å². The Hall–Kier alpha value is 0.197. The third-order valence-electron chi connectivity index (χ3n) is 2.24. The average molecular weight is 248 g/mol. The Labute approximate surface area is 101 Å². The van der Waals surface area contributed by atoms with Gasteiger partial charge in [0.25, 0.3) is 0 Å². The van der Waals surface area contributed by atoms with E-state index in [1.807, 2.05) is 0 Å². The summed E-state index contributed by atoms with van der Waals surface area (Å²) in [6, 6.07) is 0. The van der Waals surface area contributed by atoms with Crippen LogP contribution in [-0.4, -0.2) is 28.0 Å². The van der Waals surface area contributed by atoms with Gasteiger partial charge in [-0.15, -0.1) is 0 Å². The van der Waals surface area contributed by atoms with E-state index in [0.717, 1.165) is 42.1 Å². The summed E-state index contributed by atoms with van der Waals surface area (Å²) in [5.41, 5.74) is 0. The fourth-order valence-electron chi connectivity index (χ4n) is 1.33. The van der Waals surface area contributed by atoms with Crippen LogP contribution in [0.3, 0.4) is 0 Å². The van der Waals surface area contributed by atoms with E-state index in [2.05, 4.69) is 6.92 Å². The molecule has 0 N–H and O–H groups in total. The molecule has 0 aliphatic rings. The molecule has 0 aromatic heterocycles. The summed E-state index contributed by atoms with van der Waals surface area (Å²) in [6.45, 7) is 3.03. The van der Waals surface area contributed by atoms with Crippen molar-refractivity contribution >= 4 is 27.4 Å². The molecule has 0 amide bonds. The minimum Gasteiger partial charge on any atom is -0.428 e. The van der Waals surface area contributed by atoms with Crippen LogP contribution in [0.15, 0.2) is 0 Å². The smallest absolute Gasteiger partial charge is 0.188 e. The third-order valence-corrected chi connectivity index (χ3v) is 3.67. The Kier molecular flexibility index (Phi) is 12.4. The number of hydrogen-bond acceptors (Lipinski definition) is 3. The molecule has 0 aromatic rings. The van der Waals surface area contributed by atoms with Crippen molar-refractivity contribution in [2.75, 3.05) is 12.4 Å². The molecule has 15 heavy (non-hydrogen) atoms. The molecule has 0 bridgehead atoms. The van der Waals surface area contributed by atoms with E-state index in [4.69, 9.17) is 4.43 Å². The summed E-state index contributed by atoms with van der Waals surface area (Å²) in [6.07, 6.45) is 7.91. The topological polar surface area (TPSA) is 26.3 Å². The lowest BCUT2D eigenvalue weighted by molar-refractivity contribution is -0.111. The molecule has 0 saturated carbocycles. The van der Waals surface area contributed by atoms with Gasteiger partial charge in [-0.25, -0.2) is 0 Å². The lowest BCUT2D eigenvalue weighted by Crippen LogP contribution is -1.97. The number of hydrogen-bond donors (Lipinski definition) is 0. The first kappa shape index (κ1) is 15.2. The zero-order chi connectivity index (χ0) is 11.4. The first-order valence-electron chi connectivity index (χ1n) is 5.95. The van der Waals surface area contributed by atoms with Gasteiger partial charge in [-0.3, -0.25) is 4.79 Å². The number of thioether (sulfide) groups is 1. The van der Waals surface area contributed by atoms with Crippen LogP contribution in [0.25, 0.3) is 0 Å². The first-order valence-corrected chi connectivity index (χ1v) is 7.76. The number of carbonyl (C=O) groups excluding carboxylic acids is 1. The molecule has 0 spiro atoms. The van der Waals surface area contributed by atoms with Gasteiger partial charge in [-0.2, -0.15) is 0 Å². The predicted molar refractivity (Wildman–Crippen MR) is 71.3 cm³/mol. The monoisotopic (exact) mass is 248 g/mol. The van der Waals surface area contributed by atoms with Gasteiger partial charge in [-0.05, 0) is 12.8 Å². The lowest BCUT2D eigenvalue weighted by Gasteiger charge is -2.01. The Morgan fingerprint density at radius 3 is 2.60 bits per heavy atom. The Balaban J connectivity index is 3.11. The van der Waals surface area contributed by atoms with Crippen molar-refractivity contribution in [2.24, 2.45) is 0 Å². The SMILES string of the molecule is CCCCCCCC(=O)SCCCO[SiH3]. The maximum atomic E-state index is 11.4. The van der Waals surface area contributed by atoms with Gasteiger partial charge in [0.2, 0.25) is 0 Å². The van der Waals surface area contributed by atoms with E-state index in [1.54, 1.807) is 0 Å². The molecule has 0 unspecified atom stereocenters. The van der Waals surface area contributed by atoms with E-state index in [-0.39, 0.29) is 0 Å². The highest BCUT2D eigenvalue weighted by Gasteiger charge is 2.01. The highest BCUT2D eigenvalue weighted by molar-refractivity contribution is 8.13. The molecular weight excluding hydrogens is 224 g/mol. The Bertz CT molecular complexity index is 154. The molecule has 0 aromatic carbocycles. The van der Waals surface area contributed by atoms with Crippen LogP contribution < -0.4 is 0 Å². The fourth-order valence-corrected chi connectivity index (χ4v) is 2.40. The zero-order valence-electron chi connectivity index (χ0n) is 10.1. The molecule has 2 nitrogen and oxygen atoms in total. The zero-order valence-corrected chi connectivity index (χ0v) is 12.9. The van der Waals surface area contributed by atoms with Crippen molar-refractivity contribution in [3.63, 3.8) is 0 Å². The van der Waals surface area contributed by atoms with Crippen LogP contribution >= 0.6 is 11.8 Å². The summed E-state index contributed by atoms with van der Waals surface area (Å²) in [5, 5.41) is 0.361. The summed E-state index contributed by atoms with van der Waals surface area (Å²) in [4.78, 5) is 11.4. The molecule has 0 heterocycles. The Morgan fingerprint density at radius 2 is 1.93 bits per heavy atom. The maximum absolute atomic E-state index is 11.4. The van der Waals surface area contributed by atoms with Gasteiger partial charge in [-0.1, -0.05) is 44.4 Å². The molecule has 90 valence electrons. The number of rotatable bonds is 10. The number of carbonyl (C=O) groups is 1. The molecule has 0 aliphatic heterocycles. The van der Waals surface area contributed by atoms with Crippen LogP contribution in [0.5, 0.6) is 0 Å². The van der Waals surface area contributed by atoms with E-state index in [0.29, 0.717) is 5.12 Å². The largest absolute Gasteiger partial charge is 0.428 e. The van der Waals surface area contributed by atoms with E-state index in [1.165, 1.54) is 37.4 Å². The summed E-state index contributed by atoms with van der Waals surface area (Å²) >= 11 is 1.48. The average Bonchev–Trinajstić information content (AvgIpc) is 2.24. The highest BCUT2D eigenvalue weighted by Crippen LogP contribution is 2.12. The van der Waals surface area contributed by atoms with Gasteiger partial charge in [0, 0.05) is 18.8 Å². The number of unbranched alkanes of at least 4 members (excludes halogenated alkanes) is 4. The molecule has 0 atom stereocenters. The third kappa shape index (κ3) is 12.1. The van der Waals surface area contributed by atoms with Crippen molar-refractivity contribution in [3.8, 4) is 0 Å². The van der Waals surface area contributed by atoms with Crippen LogP contribution in [0.2, 0.25) is 0 Å². The van der Waals surface area contributed by atoms with Crippen molar-refractivity contribution in [1.29, 1.82) is 0 Å². The van der Waals surface area contributed by atoms with Gasteiger partial charge < -0.3 is 4.43 Å². The fraction of sp³-hybridized carbons (Fsp3) is 0.909. The summed E-state index contributed by atoms with van der Waals surface area (Å²) < 4.78 is 5.06. The second-order valence-corrected chi connectivity index (χ2v) is 5.46. The van der Waals surface area contributed by atoms with Crippen molar-refractivity contribution in [2.45, 2.75) is 51.9 Å². The highest BCUT2D eigenvalue weighted by atomic mass is 32.2. The molecule has 0 fully saturated rings. The van der Waals surface area contributed by atoms with E-state index < -0.39 is 0 Å². The van der Waals surface area contributed by atoms with E-state index >= 15 is 0 Å². The van der Waals surface area contributed by atoms with Crippen LogP contribution in [0.1, 0.15) is 51.9 Å². The van der Waals surface area contributed by atoms with Gasteiger partial charge in [0.05, 0.1) is 0 Å². The van der Waals surface area contributed by atoms with Crippen LogP contribution in [0.4, 0.5) is 0 Å². The Morgan fingerprint density at radius 1 is 1.20 bits per heavy atom. The van der Waals surface area contributed by atoms with Crippen LogP contribution in [-0.2, 0) is 9.22 Å². The summed E-state index contributed by atoms with van der Waals surface area (Å²) in [7, 11) is 0.810. The van der Waals surface area contributed by atoms with Crippen molar-refractivity contribution in [1.82, 2.24) is 0 Å². The van der Waals surface area contributed by atoms with Gasteiger partial charge in [0.1, 0.15) is 10.5 Å². The summed E-state index contributed by atoms with van der Waals surface area (Å²) in [5.74, 6) is 0.927. The molecule has 0 radical (unpaired) electrons. The molecule has 0 saturated heterocycles. The molecule has 4 heteroatoms. The molecule has 0 rings (SSSR count). The predicted octanol–water partition coefficient (Wildman–Crippen LogP) is 2.29. The molecule has 0 aliphatic carbocycles. The minimum atomic E-state index is 0.361. The standard InChI is InChI=1S/C11H24O2SSi/c1-2-3-4-5-6-8-11(12)14-10-7-9-13-15/h2-10H2,1,15H3. The second kappa shape index (κ2) is 12.3. The normalized spacial score (nSPS) is 10.7. The maximum Gasteiger partial charge on any atom is 0.188 e. The van der Waals surface area contributed by atoms with E-state index in [9.17, 15) is 4.79 Å². The second-order valence-electron chi connectivity index (χ2n) is 3.73. The van der Waals surface area contributed by atoms with Crippen molar-refractivity contribution < 1.29 is 9.22 Å². The lowest BCUT2D eigenvalue weighted by atomic mass is 10.1. The first-order chi connectivity index (χ1) is 7.31. The van der Waals surface area contributed by atoms with Crippen molar-refractivity contribution in [3.05, 3.63) is 0 Å².